The Bertz CT molecular complexity index is 1560. The van der Waals surface area contributed by atoms with Crippen LogP contribution in [0.1, 0.15) is 40.3 Å². The van der Waals surface area contributed by atoms with Crippen LogP contribution in [0.25, 0.3) is 11.4 Å². The maximum atomic E-state index is 14.4. The minimum Gasteiger partial charge on any atom is -0.443 e. The van der Waals surface area contributed by atoms with Crippen molar-refractivity contribution < 1.29 is 36.3 Å². The lowest BCUT2D eigenvalue weighted by Gasteiger charge is -2.42. The number of anilines is 1. The molecule has 2 heterocycles. The first-order valence-corrected chi connectivity index (χ1v) is 17.4. The lowest BCUT2D eigenvalue weighted by atomic mass is 9.98. The van der Waals surface area contributed by atoms with Crippen molar-refractivity contribution in [3.8, 4) is 11.4 Å². The van der Waals surface area contributed by atoms with Gasteiger partial charge in [0.15, 0.2) is 14.4 Å². The minimum atomic E-state index is -4.81. The number of ether oxygens (including phenoxy) is 1. The summed E-state index contributed by atoms with van der Waals surface area (Å²) in [5.74, 6) is -2.30. The molecule has 3 aromatic rings. The molecule has 0 aliphatic heterocycles. The topological polar surface area (TPSA) is 124 Å². The smallest absolute Gasteiger partial charge is 0.415 e. The summed E-state index contributed by atoms with van der Waals surface area (Å²) in [5.41, 5.74) is -0.568. The Hall–Kier alpha value is -4.11. The predicted octanol–water partition coefficient (Wildman–Crippen LogP) is 6.29. The van der Waals surface area contributed by atoms with Crippen LogP contribution in [0, 0.1) is 11.7 Å². The number of benzene rings is 1. The number of hydrogen-bond donors (Lipinski definition) is 2. The van der Waals surface area contributed by atoms with Crippen LogP contribution in [-0.2, 0) is 27.1 Å². The molecule has 250 valence electrons. The number of hydrogen-bond acceptors (Lipinski definition) is 7. The summed E-state index contributed by atoms with van der Waals surface area (Å²) < 4.78 is 68.8. The van der Waals surface area contributed by atoms with Crippen LogP contribution in [0.15, 0.2) is 59.7 Å². The van der Waals surface area contributed by atoms with Crippen LogP contribution < -0.4 is 16.2 Å². The van der Waals surface area contributed by atoms with Crippen molar-refractivity contribution in [1.82, 2.24) is 19.9 Å². The van der Waals surface area contributed by atoms with E-state index in [0.29, 0.717) is 5.69 Å². The summed E-state index contributed by atoms with van der Waals surface area (Å²) in [6.45, 7) is 10.9. The molecular weight excluding hydrogens is 626 g/mol. The first-order valence-electron chi connectivity index (χ1n) is 14.5. The molecule has 0 saturated carbocycles. The number of pyridine rings is 1. The highest BCUT2D eigenvalue weighted by molar-refractivity contribution is 6.74. The summed E-state index contributed by atoms with van der Waals surface area (Å²) in [7, 11) is -2.95. The van der Waals surface area contributed by atoms with Gasteiger partial charge in [-0.25, -0.2) is 14.2 Å². The second-order valence-electron chi connectivity index (χ2n) is 12.6. The van der Waals surface area contributed by atoms with E-state index in [0.717, 1.165) is 22.9 Å². The molecule has 15 heteroatoms. The van der Waals surface area contributed by atoms with Gasteiger partial charge in [-0.1, -0.05) is 40.7 Å². The van der Waals surface area contributed by atoms with Crippen molar-refractivity contribution in [2.24, 2.45) is 5.92 Å². The molecule has 46 heavy (non-hydrogen) atoms. The SMILES string of the molecule is CC(C)C(NC(=O)Cn1c(-c2ccc(F)cc2)ncc(NC(=O)OCc2ccccn2)c1=O)C(O[Si](C)(C)C(C)(C)C)C(F)(F)F. The number of halogens is 4. The number of carbonyl (C=O) groups is 2. The normalized spacial score (nSPS) is 13.7. The number of amides is 2. The molecule has 0 aliphatic carbocycles. The molecule has 2 aromatic heterocycles. The maximum Gasteiger partial charge on any atom is 0.415 e. The first kappa shape index (κ1) is 36.4. The maximum absolute atomic E-state index is 14.4. The van der Waals surface area contributed by atoms with Crippen molar-refractivity contribution in [3.63, 3.8) is 0 Å². The molecule has 0 bridgehead atoms. The molecule has 2 unspecified atom stereocenters. The second-order valence-corrected chi connectivity index (χ2v) is 17.3. The fourth-order valence-corrected chi connectivity index (χ4v) is 5.40. The fraction of sp³-hybridized carbons (Fsp3) is 0.452. The van der Waals surface area contributed by atoms with Gasteiger partial charge in [-0.15, -0.1) is 0 Å². The quantitative estimate of drug-likeness (QED) is 0.182. The molecule has 1 aromatic carbocycles. The molecule has 2 atom stereocenters. The standard InChI is InChI=1S/C31H39F4N5O5Si/c1-19(2)25(26(31(33,34)35)45-46(6,7)30(3,4)5)39-24(41)17-40-27(20-11-13-21(32)14-12-20)37-16-23(28(40)42)38-29(43)44-18-22-10-8-9-15-36-22/h8-16,19,25-26H,17-18H2,1-7H3,(H,38,43)(H,39,41). The van der Waals surface area contributed by atoms with Gasteiger partial charge in [-0.3, -0.25) is 24.5 Å². The van der Waals surface area contributed by atoms with Gasteiger partial charge in [0.25, 0.3) is 5.56 Å². The van der Waals surface area contributed by atoms with Gasteiger partial charge in [0, 0.05) is 11.8 Å². The van der Waals surface area contributed by atoms with Crippen LogP contribution in [0.5, 0.6) is 0 Å². The molecule has 0 saturated heterocycles. The van der Waals surface area contributed by atoms with Crippen LogP contribution in [0.2, 0.25) is 18.1 Å². The van der Waals surface area contributed by atoms with Gasteiger partial charge in [-0.05, 0) is 60.4 Å². The first-order chi connectivity index (χ1) is 21.3. The summed E-state index contributed by atoms with van der Waals surface area (Å²) >= 11 is 0. The average Bonchev–Trinajstić information content (AvgIpc) is 2.96. The van der Waals surface area contributed by atoms with Crippen molar-refractivity contribution in [3.05, 3.63) is 76.7 Å². The molecule has 0 aliphatic rings. The lowest BCUT2D eigenvalue weighted by molar-refractivity contribution is -0.210. The third-order valence-electron chi connectivity index (χ3n) is 7.69. The zero-order valence-electron chi connectivity index (χ0n) is 26.7. The Kier molecular flexibility index (Phi) is 11.5. The van der Waals surface area contributed by atoms with E-state index in [1.54, 1.807) is 52.1 Å². The third-order valence-corrected chi connectivity index (χ3v) is 12.1. The van der Waals surface area contributed by atoms with Gasteiger partial charge in [0.1, 0.15) is 30.5 Å². The van der Waals surface area contributed by atoms with E-state index in [-0.39, 0.29) is 23.7 Å². The molecular formula is C31H39F4N5O5Si. The van der Waals surface area contributed by atoms with Crippen molar-refractivity contribution >= 4 is 26.0 Å². The number of nitrogens with zero attached hydrogens (tertiary/aromatic N) is 3. The van der Waals surface area contributed by atoms with Crippen molar-refractivity contribution in [2.45, 2.75) is 84.2 Å². The van der Waals surface area contributed by atoms with Gasteiger partial charge in [0.05, 0.1) is 17.9 Å². The number of aromatic nitrogens is 3. The molecule has 3 rings (SSSR count). The molecule has 0 spiro atoms. The highest BCUT2D eigenvalue weighted by atomic mass is 28.4. The van der Waals surface area contributed by atoms with Gasteiger partial charge >= 0.3 is 12.3 Å². The number of alkyl halides is 3. The van der Waals surface area contributed by atoms with E-state index in [2.05, 4.69) is 20.6 Å². The number of rotatable bonds is 11. The third kappa shape index (κ3) is 9.45. The Morgan fingerprint density at radius 1 is 1.02 bits per heavy atom. The zero-order chi connectivity index (χ0) is 34.4. The Morgan fingerprint density at radius 3 is 2.22 bits per heavy atom. The van der Waals surface area contributed by atoms with Crippen LogP contribution in [0.3, 0.4) is 0 Å². The van der Waals surface area contributed by atoms with E-state index >= 15 is 0 Å². The van der Waals surface area contributed by atoms with E-state index in [9.17, 15) is 31.9 Å². The van der Waals surface area contributed by atoms with Gasteiger partial charge < -0.3 is 14.5 Å². The number of carbonyl (C=O) groups excluding carboxylic acids is 2. The van der Waals surface area contributed by atoms with E-state index in [4.69, 9.17) is 9.16 Å². The lowest BCUT2D eigenvalue weighted by Crippen LogP contribution is -2.59. The van der Waals surface area contributed by atoms with Crippen molar-refractivity contribution in [1.29, 1.82) is 0 Å². The Morgan fingerprint density at radius 2 is 1.67 bits per heavy atom. The summed E-state index contributed by atoms with van der Waals surface area (Å²) in [5, 5.41) is 4.17. The van der Waals surface area contributed by atoms with Gasteiger partial charge in [-0.2, -0.15) is 13.2 Å². The molecule has 0 radical (unpaired) electrons. The molecule has 2 N–H and O–H groups in total. The van der Waals surface area contributed by atoms with Gasteiger partial charge in [0.2, 0.25) is 5.91 Å². The fourth-order valence-electron chi connectivity index (χ4n) is 4.13. The molecule has 2 amide bonds. The highest BCUT2D eigenvalue weighted by Crippen LogP contribution is 2.41. The molecule has 10 nitrogen and oxygen atoms in total. The van der Waals surface area contributed by atoms with E-state index in [1.807, 2.05) is 0 Å². The summed E-state index contributed by atoms with van der Waals surface area (Å²) in [4.78, 5) is 47.7. The monoisotopic (exact) mass is 665 g/mol. The second kappa shape index (κ2) is 14.5. The highest BCUT2D eigenvalue weighted by Gasteiger charge is 2.52. The van der Waals surface area contributed by atoms with Crippen molar-refractivity contribution in [2.75, 3.05) is 5.32 Å². The summed E-state index contributed by atoms with van der Waals surface area (Å²) in [6.07, 6.45) is -5.58. The van der Waals surface area contributed by atoms with E-state index < -0.39 is 67.5 Å². The Balaban J connectivity index is 1.94. The molecule has 0 fully saturated rings. The summed E-state index contributed by atoms with van der Waals surface area (Å²) in [6, 6.07) is 8.40. The largest absolute Gasteiger partial charge is 0.443 e. The van der Waals surface area contributed by atoms with Crippen LogP contribution in [-0.4, -0.2) is 53.2 Å². The number of nitrogens with one attached hydrogen (secondary N) is 2. The van der Waals surface area contributed by atoms with Crippen LogP contribution >= 0.6 is 0 Å². The Labute approximate surface area is 265 Å². The predicted molar refractivity (Wildman–Crippen MR) is 167 cm³/mol. The zero-order valence-corrected chi connectivity index (χ0v) is 27.7. The average molecular weight is 666 g/mol. The minimum absolute atomic E-state index is 0.0847. The van der Waals surface area contributed by atoms with Crippen LogP contribution in [0.4, 0.5) is 28.0 Å². The van der Waals surface area contributed by atoms with E-state index in [1.165, 1.54) is 32.2 Å².